The van der Waals surface area contributed by atoms with Crippen molar-refractivity contribution >= 4 is 39.3 Å². The number of fused-ring (bicyclic) bond motifs is 1. The Hall–Kier alpha value is -2.04. The second-order valence-corrected chi connectivity index (χ2v) is 5.52. The van der Waals surface area contributed by atoms with Crippen molar-refractivity contribution in [3.05, 3.63) is 58.7 Å². The highest BCUT2D eigenvalue weighted by molar-refractivity contribution is 6.68. The lowest BCUT2D eigenvalue weighted by atomic mass is 10.2. The third kappa shape index (κ3) is 2.67. The molecule has 0 aliphatic carbocycles. The van der Waals surface area contributed by atoms with Crippen LogP contribution in [0.2, 0.25) is 5.02 Å². The average molecular weight is 335 g/mol. The van der Waals surface area contributed by atoms with Crippen LogP contribution in [0, 0.1) is 0 Å². The molecule has 0 amide bonds. The maximum atomic E-state index is 11.5. The molecule has 0 saturated carbocycles. The molecule has 4 nitrogen and oxygen atoms in total. The van der Waals surface area contributed by atoms with Gasteiger partial charge < -0.3 is 4.74 Å². The van der Waals surface area contributed by atoms with Gasteiger partial charge in [0.15, 0.2) is 5.69 Å². The van der Waals surface area contributed by atoms with Crippen molar-refractivity contribution in [1.29, 1.82) is 0 Å². The van der Waals surface area contributed by atoms with Gasteiger partial charge in [-0.05, 0) is 35.4 Å². The topological polar surface area (TPSA) is 44.1 Å². The largest absolute Gasteiger partial charge is 0.495 e. The van der Waals surface area contributed by atoms with Crippen molar-refractivity contribution in [3.63, 3.8) is 0 Å². The van der Waals surface area contributed by atoms with Gasteiger partial charge in [-0.3, -0.25) is 9.48 Å². The summed E-state index contributed by atoms with van der Waals surface area (Å²) in [7, 11) is 1.57. The minimum atomic E-state index is -0.566. The van der Waals surface area contributed by atoms with E-state index in [2.05, 4.69) is 5.10 Å². The molecule has 22 heavy (non-hydrogen) atoms. The summed E-state index contributed by atoms with van der Waals surface area (Å²) in [4.78, 5) is 11.5. The molecule has 0 unspecified atom stereocenters. The van der Waals surface area contributed by atoms with Crippen molar-refractivity contribution in [2.75, 3.05) is 7.11 Å². The Balaban J connectivity index is 2.06. The van der Waals surface area contributed by atoms with Crippen LogP contribution in [-0.2, 0) is 6.54 Å². The molecular weight excluding hydrogens is 323 g/mol. The number of halogens is 2. The third-order valence-electron chi connectivity index (χ3n) is 3.39. The lowest BCUT2D eigenvalue weighted by molar-refractivity contribution is 0.107. The monoisotopic (exact) mass is 334 g/mol. The first-order valence-electron chi connectivity index (χ1n) is 6.58. The van der Waals surface area contributed by atoms with Crippen LogP contribution in [0.4, 0.5) is 0 Å². The Bertz CT molecular complexity index is 858. The summed E-state index contributed by atoms with van der Waals surface area (Å²) in [6.45, 7) is 0.484. The van der Waals surface area contributed by atoms with Gasteiger partial charge in [-0.15, -0.1) is 0 Å². The highest BCUT2D eigenvalue weighted by Crippen LogP contribution is 2.26. The quantitative estimate of drug-likeness (QED) is 0.674. The number of rotatable bonds is 4. The van der Waals surface area contributed by atoms with Gasteiger partial charge in [0.25, 0.3) is 5.24 Å². The Morgan fingerprint density at radius 1 is 1.27 bits per heavy atom. The first-order chi connectivity index (χ1) is 10.6. The zero-order valence-electron chi connectivity index (χ0n) is 11.7. The number of ether oxygens (including phenoxy) is 1. The van der Waals surface area contributed by atoms with Crippen LogP contribution in [0.15, 0.2) is 42.5 Å². The number of aromatic nitrogens is 2. The van der Waals surface area contributed by atoms with E-state index in [0.29, 0.717) is 17.3 Å². The molecule has 3 rings (SSSR count). The molecule has 6 heteroatoms. The first-order valence-corrected chi connectivity index (χ1v) is 7.33. The van der Waals surface area contributed by atoms with Gasteiger partial charge in [0.2, 0.25) is 0 Å². The predicted octanol–water partition coefficient (Wildman–Crippen LogP) is 4.13. The van der Waals surface area contributed by atoms with Gasteiger partial charge in [0, 0.05) is 5.39 Å². The Morgan fingerprint density at radius 3 is 2.77 bits per heavy atom. The van der Waals surface area contributed by atoms with Gasteiger partial charge in [-0.2, -0.15) is 5.10 Å². The zero-order chi connectivity index (χ0) is 15.7. The van der Waals surface area contributed by atoms with E-state index in [-0.39, 0.29) is 5.69 Å². The number of hydrogen-bond acceptors (Lipinski definition) is 3. The van der Waals surface area contributed by atoms with Crippen LogP contribution in [-0.4, -0.2) is 22.1 Å². The summed E-state index contributed by atoms with van der Waals surface area (Å²) in [5.74, 6) is 0.601. The molecule has 1 aromatic heterocycles. The molecular formula is C16H12Cl2N2O2. The van der Waals surface area contributed by atoms with Crippen molar-refractivity contribution in [2.24, 2.45) is 0 Å². The van der Waals surface area contributed by atoms with Gasteiger partial charge in [-0.25, -0.2) is 0 Å². The van der Waals surface area contributed by atoms with Crippen LogP contribution in [0.5, 0.6) is 5.75 Å². The smallest absolute Gasteiger partial charge is 0.273 e. The average Bonchev–Trinajstić information content (AvgIpc) is 2.88. The molecule has 0 atom stereocenters. The first kappa shape index (κ1) is 14.9. The maximum Gasteiger partial charge on any atom is 0.273 e. The minimum Gasteiger partial charge on any atom is -0.495 e. The van der Waals surface area contributed by atoms with Crippen molar-refractivity contribution in [2.45, 2.75) is 6.54 Å². The third-order valence-corrected chi connectivity index (χ3v) is 3.88. The molecule has 112 valence electrons. The summed E-state index contributed by atoms with van der Waals surface area (Å²) < 4.78 is 6.96. The summed E-state index contributed by atoms with van der Waals surface area (Å²) in [5.41, 5.74) is 2.07. The molecule has 0 aliphatic heterocycles. The fourth-order valence-electron chi connectivity index (χ4n) is 2.37. The van der Waals surface area contributed by atoms with Gasteiger partial charge >= 0.3 is 0 Å². The fraction of sp³-hybridized carbons (Fsp3) is 0.125. The van der Waals surface area contributed by atoms with Crippen molar-refractivity contribution in [1.82, 2.24) is 9.78 Å². The van der Waals surface area contributed by atoms with Crippen LogP contribution in [0.3, 0.4) is 0 Å². The molecule has 1 heterocycles. The second-order valence-electron chi connectivity index (χ2n) is 4.77. The van der Waals surface area contributed by atoms with Gasteiger partial charge in [0.1, 0.15) is 5.75 Å². The Kier molecular flexibility index (Phi) is 4.05. The molecule has 0 fully saturated rings. The fourth-order valence-corrected chi connectivity index (χ4v) is 2.70. The number of carbonyl (C=O) groups excluding carboxylic acids is 1. The predicted molar refractivity (Wildman–Crippen MR) is 87.0 cm³/mol. The number of hydrogen-bond donors (Lipinski definition) is 0. The molecule has 2 aromatic carbocycles. The standard InChI is InChI=1S/C16H12Cl2N2O2/c1-22-14-8-10(6-7-12(14)17)9-20-13-5-3-2-4-11(13)15(19-20)16(18)21/h2-8H,9H2,1H3. The molecule has 0 N–H and O–H groups in total. The molecule has 0 spiro atoms. The lowest BCUT2D eigenvalue weighted by Crippen LogP contribution is -2.03. The number of para-hydroxylation sites is 1. The van der Waals surface area contributed by atoms with Gasteiger partial charge in [-0.1, -0.05) is 35.9 Å². The molecule has 0 aliphatic rings. The SMILES string of the molecule is COc1cc(Cn2nc(C(=O)Cl)c3ccccc32)ccc1Cl. The second kappa shape index (κ2) is 5.99. The Labute approximate surface area is 137 Å². The van der Waals surface area contributed by atoms with Crippen LogP contribution in [0.1, 0.15) is 16.1 Å². The minimum absolute atomic E-state index is 0.262. The number of methoxy groups -OCH3 is 1. The lowest BCUT2D eigenvalue weighted by Gasteiger charge is -2.07. The maximum absolute atomic E-state index is 11.5. The molecule has 3 aromatic rings. The van der Waals surface area contributed by atoms with E-state index < -0.39 is 5.24 Å². The van der Waals surface area contributed by atoms with E-state index in [1.807, 2.05) is 36.4 Å². The van der Waals surface area contributed by atoms with Crippen LogP contribution >= 0.6 is 23.2 Å². The van der Waals surface area contributed by atoms with Crippen molar-refractivity contribution < 1.29 is 9.53 Å². The van der Waals surface area contributed by atoms with Gasteiger partial charge in [0.05, 0.1) is 24.2 Å². The van der Waals surface area contributed by atoms with E-state index in [0.717, 1.165) is 16.5 Å². The van der Waals surface area contributed by atoms with E-state index in [9.17, 15) is 4.79 Å². The molecule has 0 radical (unpaired) electrons. The highest BCUT2D eigenvalue weighted by atomic mass is 35.5. The summed E-state index contributed by atoms with van der Waals surface area (Å²) in [6.07, 6.45) is 0. The number of benzene rings is 2. The van der Waals surface area contributed by atoms with E-state index in [1.165, 1.54) is 0 Å². The normalized spacial score (nSPS) is 10.9. The summed E-state index contributed by atoms with van der Waals surface area (Å²) in [5, 5.41) is 5.05. The molecule has 0 bridgehead atoms. The summed E-state index contributed by atoms with van der Waals surface area (Å²) in [6, 6.07) is 13.0. The van der Waals surface area contributed by atoms with Crippen molar-refractivity contribution in [3.8, 4) is 5.75 Å². The van der Waals surface area contributed by atoms with E-state index >= 15 is 0 Å². The Morgan fingerprint density at radius 2 is 2.05 bits per heavy atom. The zero-order valence-corrected chi connectivity index (χ0v) is 13.2. The molecule has 0 saturated heterocycles. The van der Waals surface area contributed by atoms with E-state index in [4.69, 9.17) is 27.9 Å². The summed E-state index contributed by atoms with van der Waals surface area (Å²) >= 11 is 11.6. The highest BCUT2D eigenvalue weighted by Gasteiger charge is 2.15. The van der Waals surface area contributed by atoms with E-state index in [1.54, 1.807) is 17.9 Å². The van der Waals surface area contributed by atoms with Crippen LogP contribution in [0.25, 0.3) is 10.9 Å². The number of nitrogens with zero attached hydrogens (tertiary/aromatic N) is 2. The van der Waals surface area contributed by atoms with Crippen LogP contribution < -0.4 is 4.74 Å². The number of carbonyl (C=O) groups is 1.